The van der Waals surface area contributed by atoms with E-state index in [1.54, 1.807) is 18.9 Å². The molecule has 8 heteroatoms. The fraction of sp³-hybridized carbons (Fsp3) is 0.389. The molecule has 0 saturated carbocycles. The number of nitrogens with one attached hydrogen (secondary N) is 1. The van der Waals surface area contributed by atoms with Gasteiger partial charge in [-0.15, -0.1) is 11.3 Å². The Morgan fingerprint density at radius 2 is 2.19 bits per heavy atom. The Balaban J connectivity index is 2.11. The highest BCUT2D eigenvalue weighted by Crippen LogP contribution is 2.27. The van der Waals surface area contributed by atoms with Crippen molar-refractivity contribution in [1.29, 1.82) is 0 Å². The monoisotopic (exact) mass is 377 g/mol. The molecule has 0 fully saturated rings. The zero-order valence-electron chi connectivity index (χ0n) is 15.1. The molecule has 26 heavy (non-hydrogen) atoms. The Bertz CT molecular complexity index is 762. The average molecular weight is 377 g/mol. The van der Waals surface area contributed by atoms with Crippen molar-refractivity contribution in [3.8, 4) is 16.3 Å². The van der Waals surface area contributed by atoms with Crippen molar-refractivity contribution in [3.05, 3.63) is 35.3 Å². The number of amides is 1. The summed E-state index contributed by atoms with van der Waals surface area (Å²) in [5, 5.41) is 14.8. The third-order valence-corrected chi connectivity index (χ3v) is 4.85. The van der Waals surface area contributed by atoms with Gasteiger partial charge in [0.05, 0.1) is 12.8 Å². The van der Waals surface area contributed by atoms with Crippen LogP contribution >= 0.6 is 11.3 Å². The van der Waals surface area contributed by atoms with Gasteiger partial charge in [0.15, 0.2) is 0 Å². The van der Waals surface area contributed by atoms with Crippen LogP contribution < -0.4 is 10.1 Å². The molecule has 2 aromatic rings. The van der Waals surface area contributed by atoms with Gasteiger partial charge < -0.3 is 15.2 Å². The first-order valence-corrected chi connectivity index (χ1v) is 9.08. The first kappa shape index (κ1) is 19.9. The molecule has 0 spiro atoms. The molecular formula is C18H23N3O4S. The Labute approximate surface area is 156 Å². The lowest BCUT2D eigenvalue weighted by Crippen LogP contribution is -2.42. The first-order chi connectivity index (χ1) is 12.4. The van der Waals surface area contributed by atoms with Gasteiger partial charge in [0.25, 0.3) is 0 Å². The van der Waals surface area contributed by atoms with E-state index in [0.29, 0.717) is 19.6 Å². The van der Waals surface area contributed by atoms with Gasteiger partial charge in [-0.1, -0.05) is 12.1 Å². The highest BCUT2D eigenvalue weighted by molar-refractivity contribution is 7.13. The highest BCUT2D eigenvalue weighted by Gasteiger charge is 2.21. The first-order valence-electron chi connectivity index (χ1n) is 8.21. The predicted octanol–water partition coefficient (Wildman–Crippen LogP) is 2.23. The van der Waals surface area contributed by atoms with Crippen LogP contribution in [0, 0.1) is 0 Å². The van der Waals surface area contributed by atoms with Gasteiger partial charge in [0.1, 0.15) is 16.8 Å². The van der Waals surface area contributed by atoms with Crippen molar-refractivity contribution >= 4 is 23.2 Å². The summed E-state index contributed by atoms with van der Waals surface area (Å²) in [6.07, 6.45) is 0. The summed E-state index contributed by atoms with van der Waals surface area (Å²) in [6, 6.07) is 6.97. The summed E-state index contributed by atoms with van der Waals surface area (Å²) in [5.41, 5.74) is 1.75. The maximum Gasteiger partial charge on any atom is 0.320 e. The van der Waals surface area contributed by atoms with Crippen LogP contribution in [0.3, 0.4) is 0 Å². The Morgan fingerprint density at radius 1 is 1.42 bits per heavy atom. The molecule has 0 bridgehead atoms. The molecule has 1 aromatic carbocycles. The van der Waals surface area contributed by atoms with Crippen molar-refractivity contribution in [3.63, 3.8) is 0 Å². The zero-order valence-corrected chi connectivity index (χ0v) is 15.9. The molecule has 2 rings (SSSR count). The molecule has 140 valence electrons. The maximum absolute atomic E-state index is 11.4. The van der Waals surface area contributed by atoms with Gasteiger partial charge in [-0.3, -0.25) is 14.5 Å². The van der Waals surface area contributed by atoms with Crippen LogP contribution in [0.4, 0.5) is 0 Å². The Morgan fingerprint density at radius 3 is 2.85 bits per heavy atom. The van der Waals surface area contributed by atoms with Crippen LogP contribution in [0.5, 0.6) is 5.75 Å². The molecule has 0 aliphatic carbocycles. The number of thiazole rings is 1. The minimum atomic E-state index is -0.906. The van der Waals surface area contributed by atoms with Gasteiger partial charge in [-0.25, -0.2) is 4.98 Å². The second kappa shape index (κ2) is 9.30. The maximum atomic E-state index is 11.4. The van der Waals surface area contributed by atoms with Gasteiger partial charge in [0, 0.05) is 37.5 Å². The number of ether oxygens (including phenoxy) is 1. The number of hydrogen-bond acceptors (Lipinski definition) is 6. The van der Waals surface area contributed by atoms with Gasteiger partial charge in [-0.2, -0.15) is 0 Å². The number of carboxylic acids is 1. The summed E-state index contributed by atoms with van der Waals surface area (Å²) in [5.74, 6) is -0.284. The molecule has 7 nitrogen and oxygen atoms in total. The van der Waals surface area contributed by atoms with E-state index in [0.717, 1.165) is 22.0 Å². The van der Waals surface area contributed by atoms with E-state index < -0.39 is 12.0 Å². The minimum absolute atomic E-state index is 0.137. The minimum Gasteiger partial charge on any atom is -0.497 e. The summed E-state index contributed by atoms with van der Waals surface area (Å²) in [4.78, 5) is 28.8. The summed E-state index contributed by atoms with van der Waals surface area (Å²) in [6.45, 7) is 4.28. The molecule has 1 heterocycles. The SMILES string of the molecule is COc1cccc(-c2nc(CN(CCNC(C)=O)C(C)C(=O)O)cs2)c1. The van der Waals surface area contributed by atoms with Gasteiger partial charge in [-0.05, 0) is 19.1 Å². The van der Waals surface area contributed by atoms with Crippen molar-refractivity contribution < 1.29 is 19.4 Å². The number of carbonyl (C=O) groups excluding carboxylic acids is 1. The number of carbonyl (C=O) groups is 2. The number of methoxy groups -OCH3 is 1. The molecular weight excluding hydrogens is 354 g/mol. The number of aliphatic carboxylic acids is 1. The molecule has 1 atom stereocenters. The number of aromatic nitrogens is 1. The van der Waals surface area contributed by atoms with E-state index in [2.05, 4.69) is 10.3 Å². The zero-order chi connectivity index (χ0) is 19.1. The van der Waals surface area contributed by atoms with E-state index in [1.165, 1.54) is 18.3 Å². The summed E-state index contributed by atoms with van der Waals surface area (Å²) in [7, 11) is 1.62. The van der Waals surface area contributed by atoms with E-state index >= 15 is 0 Å². The summed E-state index contributed by atoms with van der Waals surface area (Å²) >= 11 is 1.50. The average Bonchev–Trinajstić information content (AvgIpc) is 3.08. The van der Waals surface area contributed by atoms with E-state index in [1.807, 2.05) is 29.6 Å². The van der Waals surface area contributed by atoms with Crippen LogP contribution in [0.1, 0.15) is 19.5 Å². The molecule has 0 radical (unpaired) electrons. The second-order valence-electron chi connectivity index (χ2n) is 5.84. The number of rotatable bonds is 9. The van der Waals surface area contributed by atoms with Gasteiger partial charge in [0.2, 0.25) is 5.91 Å². The second-order valence-corrected chi connectivity index (χ2v) is 6.70. The fourth-order valence-electron chi connectivity index (χ4n) is 2.42. The Hall–Kier alpha value is -2.45. The number of carboxylic acid groups (broad SMARTS) is 1. The molecule has 1 unspecified atom stereocenters. The molecule has 1 amide bonds. The smallest absolute Gasteiger partial charge is 0.320 e. The van der Waals surface area contributed by atoms with E-state index in [4.69, 9.17) is 4.74 Å². The van der Waals surface area contributed by atoms with Crippen LogP contribution in [-0.4, -0.2) is 53.1 Å². The lowest BCUT2D eigenvalue weighted by molar-refractivity contribution is -0.142. The van der Waals surface area contributed by atoms with Gasteiger partial charge >= 0.3 is 5.97 Å². The quantitative estimate of drug-likeness (QED) is 0.696. The molecule has 0 aliphatic heterocycles. The van der Waals surface area contributed by atoms with E-state index in [-0.39, 0.29) is 5.91 Å². The molecule has 2 N–H and O–H groups in total. The normalized spacial score (nSPS) is 12.0. The van der Waals surface area contributed by atoms with Crippen LogP contribution in [0.15, 0.2) is 29.6 Å². The number of nitrogens with zero attached hydrogens (tertiary/aromatic N) is 2. The Kier molecular flexibility index (Phi) is 7.11. The van der Waals surface area contributed by atoms with Crippen molar-refractivity contribution in [2.45, 2.75) is 26.4 Å². The van der Waals surface area contributed by atoms with Crippen LogP contribution in [0.2, 0.25) is 0 Å². The molecule has 1 aromatic heterocycles. The van der Waals surface area contributed by atoms with E-state index in [9.17, 15) is 14.7 Å². The number of benzene rings is 1. The largest absolute Gasteiger partial charge is 0.497 e. The van der Waals surface area contributed by atoms with Crippen molar-refractivity contribution in [1.82, 2.24) is 15.2 Å². The lowest BCUT2D eigenvalue weighted by atomic mass is 10.2. The standard InChI is InChI=1S/C18H23N3O4S/c1-12(18(23)24)21(8-7-19-13(2)22)10-15-11-26-17(20-15)14-5-4-6-16(9-14)25-3/h4-6,9,11-12H,7-8,10H2,1-3H3,(H,19,22)(H,23,24). The number of hydrogen-bond donors (Lipinski definition) is 2. The van der Waals surface area contributed by atoms with Crippen LogP contribution in [-0.2, 0) is 16.1 Å². The molecule has 0 saturated heterocycles. The molecule has 0 aliphatic rings. The van der Waals surface area contributed by atoms with Crippen molar-refractivity contribution in [2.24, 2.45) is 0 Å². The lowest BCUT2D eigenvalue weighted by Gasteiger charge is -2.25. The predicted molar refractivity (Wildman–Crippen MR) is 100 cm³/mol. The topological polar surface area (TPSA) is 91.8 Å². The third-order valence-electron chi connectivity index (χ3n) is 3.91. The fourth-order valence-corrected chi connectivity index (χ4v) is 3.23. The van der Waals surface area contributed by atoms with Crippen molar-refractivity contribution in [2.75, 3.05) is 20.2 Å². The third kappa shape index (κ3) is 5.53. The summed E-state index contributed by atoms with van der Waals surface area (Å²) < 4.78 is 5.24. The van der Waals surface area contributed by atoms with Crippen LogP contribution in [0.25, 0.3) is 10.6 Å². The highest BCUT2D eigenvalue weighted by atomic mass is 32.1.